The maximum absolute atomic E-state index is 11.3. The minimum Gasteiger partial charge on any atom is -0.507 e. The van der Waals surface area contributed by atoms with Crippen molar-refractivity contribution in [2.45, 2.75) is 182 Å². The Bertz CT molecular complexity index is 736. The van der Waals surface area contributed by atoms with Crippen molar-refractivity contribution in [3.63, 3.8) is 0 Å². The van der Waals surface area contributed by atoms with E-state index in [1.807, 2.05) is 32.9 Å². The third kappa shape index (κ3) is 15.8. The number of aromatic hydroxyl groups is 1. The summed E-state index contributed by atoms with van der Waals surface area (Å²) in [7, 11) is 0. The van der Waals surface area contributed by atoms with E-state index in [1.165, 1.54) is 103 Å². The van der Waals surface area contributed by atoms with Crippen LogP contribution in [0.2, 0.25) is 0 Å². The summed E-state index contributed by atoms with van der Waals surface area (Å²) in [5.74, 6) is -1.54. The summed E-state index contributed by atoms with van der Waals surface area (Å²) in [6.45, 7) is 18.5. The maximum Gasteiger partial charge on any atom is 0.310 e. The first-order chi connectivity index (χ1) is 17.8. The number of unbranched alkanes of at least 4 members (excludes halogenated alkanes) is 15. The van der Waals surface area contributed by atoms with Gasteiger partial charge in [0.15, 0.2) is 0 Å². The highest BCUT2D eigenvalue weighted by Crippen LogP contribution is 2.40. The van der Waals surface area contributed by atoms with E-state index in [1.54, 1.807) is 6.92 Å². The van der Waals surface area contributed by atoms with Gasteiger partial charge in [-0.2, -0.15) is 0 Å². The molecule has 0 bridgehead atoms. The Morgan fingerprint density at radius 3 is 1.26 bits per heavy atom. The normalized spacial score (nSPS) is 12.7. The largest absolute Gasteiger partial charge is 0.507 e. The topological polar surface area (TPSA) is 57.5 Å². The fraction of sp³-hybridized carbons (Fsp3) is 0.800. The van der Waals surface area contributed by atoms with Gasteiger partial charge in [0, 0.05) is 5.56 Å². The lowest BCUT2D eigenvalue weighted by Gasteiger charge is -2.28. The van der Waals surface area contributed by atoms with Crippen molar-refractivity contribution in [1.82, 2.24) is 0 Å². The van der Waals surface area contributed by atoms with Gasteiger partial charge in [-0.1, -0.05) is 170 Å². The zero-order chi connectivity index (χ0) is 29.2. The average molecular weight is 533 g/mol. The van der Waals surface area contributed by atoms with Crippen molar-refractivity contribution >= 4 is 5.97 Å². The van der Waals surface area contributed by atoms with E-state index in [9.17, 15) is 15.0 Å². The minimum absolute atomic E-state index is 0.0966. The fourth-order valence-electron chi connectivity index (χ4n) is 4.75. The molecular weight excluding hydrogens is 468 g/mol. The lowest BCUT2D eigenvalue weighted by molar-refractivity contribution is -0.138. The second-order valence-electron chi connectivity index (χ2n) is 13.5. The van der Waals surface area contributed by atoms with Gasteiger partial charge in [-0.15, -0.1) is 0 Å². The van der Waals surface area contributed by atoms with Gasteiger partial charge >= 0.3 is 5.97 Å². The fourth-order valence-corrected chi connectivity index (χ4v) is 4.75. The molecule has 0 saturated carbocycles. The zero-order valence-corrected chi connectivity index (χ0v) is 26.8. The Balaban J connectivity index is 0.000000726. The van der Waals surface area contributed by atoms with Crippen LogP contribution < -0.4 is 0 Å². The van der Waals surface area contributed by atoms with E-state index in [0.717, 1.165) is 11.1 Å². The molecule has 0 fully saturated rings. The van der Waals surface area contributed by atoms with Crippen LogP contribution in [0.25, 0.3) is 0 Å². The van der Waals surface area contributed by atoms with Gasteiger partial charge in [-0.25, -0.2) is 0 Å². The third-order valence-electron chi connectivity index (χ3n) is 7.61. The summed E-state index contributed by atoms with van der Waals surface area (Å²) in [5.41, 5.74) is 2.00. The summed E-state index contributed by atoms with van der Waals surface area (Å²) in [5, 5.41) is 19.7. The molecule has 1 atom stereocenters. The van der Waals surface area contributed by atoms with E-state index in [2.05, 4.69) is 34.6 Å². The lowest BCUT2D eigenvalue weighted by atomic mass is 9.77. The molecule has 3 heteroatoms. The van der Waals surface area contributed by atoms with E-state index in [4.69, 9.17) is 0 Å². The molecule has 38 heavy (non-hydrogen) atoms. The number of phenolic OH excluding ortho intramolecular Hbond substituents is 1. The molecule has 1 aromatic rings. The van der Waals surface area contributed by atoms with Crippen molar-refractivity contribution < 1.29 is 15.0 Å². The number of rotatable bonds is 17. The molecule has 0 aromatic heterocycles. The van der Waals surface area contributed by atoms with Crippen molar-refractivity contribution in [2.75, 3.05) is 0 Å². The first-order valence-corrected chi connectivity index (χ1v) is 15.9. The van der Waals surface area contributed by atoms with Crippen molar-refractivity contribution in [1.29, 1.82) is 0 Å². The van der Waals surface area contributed by atoms with Crippen molar-refractivity contribution in [3.8, 4) is 5.75 Å². The van der Waals surface area contributed by atoms with Gasteiger partial charge in [-0.05, 0) is 28.9 Å². The maximum atomic E-state index is 11.3. The molecule has 2 N–H and O–H groups in total. The Morgan fingerprint density at radius 2 is 1.00 bits per heavy atom. The van der Waals surface area contributed by atoms with E-state index in [-0.39, 0.29) is 16.6 Å². The molecule has 0 saturated heterocycles. The molecule has 0 radical (unpaired) electrons. The number of phenols is 1. The lowest BCUT2D eigenvalue weighted by Crippen LogP contribution is -2.19. The van der Waals surface area contributed by atoms with Crippen LogP contribution in [0.3, 0.4) is 0 Å². The van der Waals surface area contributed by atoms with Crippen molar-refractivity contribution in [2.24, 2.45) is 0 Å². The van der Waals surface area contributed by atoms with Gasteiger partial charge in [0.2, 0.25) is 0 Å². The van der Waals surface area contributed by atoms with Gasteiger partial charge in [0.1, 0.15) is 5.75 Å². The minimum atomic E-state index is -0.925. The van der Waals surface area contributed by atoms with Crippen LogP contribution in [-0.4, -0.2) is 16.2 Å². The summed E-state index contributed by atoms with van der Waals surface area (Å²) in [6, 6.07) is 3.82. The number of carbonyl (C=O) groups is 1. The van der Waals surface area contributed by atoms with Gasteiger partial charge in [0.25, 0.3) is 0 Å². The van der Waals surface area contributed by atoms with E-state index in [0.29, 0.717) is 5.56 Å². The van der Waals surface area contributed by atoms with Crippen LogP contribution in [0, 0.1) is 0 Å². The summed E-state index contributed by atoms with van der Waals surface area (Å²) < 4.78 is 0. The Labute approximate surface area is 237 Å². The number of aliphatic carboxylic acids is 1. The van der Waals surface area contributed by atoms with Gasteiger partial charge < -0.3 is 10.2 Å². The Morgan fingerprint density at radius 1 is 0.658 bits per heavy atom. The number of benzene rings is 1. The molecule has 1 aromatic carbocycles. The first-order valence-electron chi connectivity index (χ1n) is 15.9. The molecule has 0 aliphatic rings. The van der Waals surface area contributed by atoms with Crippen molar-refractivity contribution in [3.05, 3.63) is 28.8 Å². The highest BCUT2D eigenvalue weighted by atomic mass is 16.4. The van der Waals surface area contributed by atoms with Crippen LogP contribution in [0.1, 0.15) is 188 Å². The van der Waals surface area contributed by atoms with Crippen LogP contribution in [0.4, 0.5) is 0 Å². The predicted molar refractivity (Wildman–Crippen MR) is 167 cm³/mol. The molecule has 0 amide bonds. The third-order valence-corrected chi connectivity index (χ3v) is 7.61. The van der Waals surface area contributed by atoms with Crippen LogP contribution in [-0.2, 0) is 15.6 Å². The van der Waals surface area contributed by atoms with Crippen LogP contribution in [0.15, 0.2) is 12.1 Å². The first kappa shape index (κ1) is 36.5. The Hall–Kier alpha value is -1.51. The predicted octanol–water partition coefficient (Wildman–Crippen LogP) is 11.4. The molecular formula is C35H64O3. The molecule has 1 unspecified atom stereocenters. The SMILES string of the molecule is CC(C(=O)O)c1cc(C(C)(C)C)cc(C(C)(C)C)c1O.CCCCCCCCCCCCCCCCCC. The second kappa shape index (κ2) is 19.5. The second-order valence-corrected chi connectivity index (χ2v) is 13.5. The highest BCUT2D eigenvalue weighted by molar-refractivity contribution is 5.77. The summed E-state index contributed by atoms with van der Waals surface area (Å²) >= 11 is 0. The standard InChI is InChI=1S/C18H38.C17H26O3/c1-3-5-7-9-11-13-15-17-18-16-14-12-10-8-6-4-2;1-10(15(19)20)12-8-11(16(2,3)4)9-13(14(12)18)17(5,6)7/h3-18H2,1-2H3;8-10,18H,1-7H3,(H,19,20). The molecule has 0 spiro atoms. The van der Waals surface area contributed by atoms with Crippen LogP contribution >= 0.6 is 0 Å². The van der Waals surface area contributed by atoms with Gasteiger partial charge in [-0.3, -0.25) is 4.79 Å². The molecule has 0 heterocycles. The van der Waals surface area contributed by atoms with Gasteiger partial charge in [0.05, 0.1) is 5.92 Å². The number of hydrogen-bond donors (Lipinski definition) is 2. The summed E-state index contributed by atoms with van der Waals surface area (Å²) in [6.07, 6.45) is 23.4. The monoisotopic (exact) mass is 532 g/mol. The smallest absolute Gasteiger partial charge is 0.310 e. The summed E-state index contributed by atoms with van der Waals surface area (Å²) in [4.78, 5) is 11.3. The molecule has 1 rings (SSSR count). The molecule has 0 aliphatic heterocycles. The molecule has 3 nitrogen and oxygen atoms in total. The molecule has 222 valence electrons. The Kier molecular flexibility index (Phi) is 18.8. The molecule has 0 aliphatic carbocycles. The van der Waals surface area contributed by atoms with Crippen LogP contribution in [0.5, 0.6) is 5.75 Å². The van der Waals surface area contributed by atoms with E-state index < -0.39 is 11.9 Å². The number of carboxylic acids is 1. The highest BCUT2D eigenvalue weighted by Gasteiger charge is 2.28. The quantitative estimate of drug-likeness (QED) is 0.196. The average Bonchev–Trinajstić information content (AvgIpc) is 2.83. The van der Waals surface area contributed by atoms with E-state index >= 15 is 0 Å². The number of hydrogen-bond acceptors (Lipinski definition) is 2. The number of carboxylic acid groups (broad SMARTS) is 1. The zero-order valence-electron chi connectivity index (χ0n) is 26.8.